The number of nitrogens with one attached hydrogen (secondary N) is 2. The van der Waals surface area contributed by atoms with Gasteiger partial charge in [0, 0.05) is 12.1 Å². The van der Waals surface area contributed by atoms with E-state index in [-0.39, 0.29) is 12.1 Å². The Morgan fingerprint density at radius 3 is 1.89 bits per heavy atom. The van der Waals surface area contributed by atoms with Crippen LogP contribution in [0.4, 0.5) is 0 Å². The highest BCUT2D eigenvalue weighted by atomic mass is 16.5. The molecule has 4 atom stereocenters. The van der Waals surface area contributed by atoms with Crippen LogP contribution in [0.3, 0.4) is 0 Å². The zero-order valence-electron chi connectivity index (χ0n) is 11.8. The van der Waals surface area contributed by atoms with Crippen molar-refractivity contribution in [1.29, 1.82) is 0 Å². The van der Waals surface area contributed by atoms with Crippen LogP contribution < -0.4 is 10.6 Å². The number of rotatable bonds is 8. The maximum absolute atomic E-state index is 11.7. The Hall–Kier alpha value is -1.14. The second-order valence-corrected chi connectivity index (χ2v) is 4.87. The highest BCUT2D eigenvalue weighted by Gasteiger charge is 2.57. The summed E-state index contributed by atoms with van der Waals surface area (Å²) < 4.78 is 4.73. The van der Waals surface area contributed by atoms with E-state index in [0.717, 1.165) is 25.9 Å². The van der Waals surface area contributed by atoms with Crippen LogP contribution in [-0.2, 0) is 14.3 Å². The topological polar surface area (TPSA) is 87.7 Å². The van der Waals surface area contributed by atoms with Crippen LogP contribution in [0, 0.1) is 11.8 Å². The number of aliphatic carboxylic acids is 1. The minimum atomic E-state index is -0.946. The standard InChI is InChI=1S/C13H24N2O4/c1-4-6-14-10-8(12(16)17)9(13(18)19-3)11(10)15-7-5-2/h8-11,14-15H,4-7H2,1-3H3,(H,16,17). The molecule has 6 heteroatoms. The van der Waals surface area contributed by atoms with E-state index in [1.165, 1.54) is 7.11 Å². The van der Waals surface area contributed by atoms with Gasteiger partial charge in [-0.3, -0.25) is 9.59 Å². The molecular weight excluding hydrogens is 248 g/mol. The van der Waals surface area contributed by atoms with Gasteiger partial charge in [-0.2, -0.15) is 0 Å². The molecule has 0 aliphatic heterocycles. The van der Waals surface area contributed by atoms with Crippen molar-refractivity contribution >= 4 is 11.9 Å². The average Bonchev–Trinajstić information content (AvgIpc) is 2.36. The van der Waals surface area contributed by atoms with Crippen molar-refractivity contribution in [3.8, 4) is 0 Å². The van der Waals surface area contributed by atoms with Crippen molar-refractivity contribution < 1.29 is 19.4 Å². The summed E-state index contributed by atoms with van der Waals surface area (Å²) in [6.07, 6.45) is 1.86. The fraction of sp³-hybridized carbons (Fsp3) is 0.846. The van der Waals surface area contributed by atoms with E-state index in [0.29, 0.717) is 0 Å². The maximum atomic E-state index is 11.7. The molecule has 1 aliphatic carbocycles. The number of hydrogen-bond acceptors (Lipinski definition) is 5. The number of carbonyl (C=O) groups excluding carboxylic acids is 1. The molecule has 1 saturated carbocycles. The molecule has 0 amide bonds. The van der Waals surface area contributed by atoms with E-state index in [2.05, 4.69) is 10.6 Å². The molecular formula is C13H24N2O4. The first-order chi connectivity index (χ1) is 9.08. The Labute approximate surface area is 113 Å². The third kappa shape index (κ3) is 3.45. The van der Waals surface area contributed by atoms with Crippen molar-refractivity contribution in [3.63, 3.8) is 0 Å². The SMILES string of the molecule is CCCNC1C(NCCC)C(C(=O)OC)C1C(=O)O. The predicted octanol–water partition coefficient (Wildman–Crippen LogP) is 0.226. The van der Waals surface area contributed by atoms with E-state index in [9.17, 15) is 14.7 Å². The van der Waals surface area contributed by atoms with Gasteiger partial charge in [0.25, 0.3) is 0 Å². The van der Waals surface area contributed by atoms with Gasteiger partial charge in [-0.1, -0.05) is 13.8 Å². The second kappa shape index (κ2) is 7.45. The predicted molar refractivity (Wildman–Crippen MR) is 70.8 cm³/mol. The van der Waals surface area contributed by atoms with Gasteiger partial charge in [-0.25, -0.2) is 0 Å². The molecule has 0 aromatic rings. The van der Waals surface area contributed by atoms with E-state index >= 15 is 0 Å². The number of carboxylic acid groups (broad SMARTS) is 1. The van der Waals surface area contributed by atoms with E-state index < -0.39 is 23.8 Å². The normalized spacial score (nSPS) is 29.6. The number of esters is 1. The molecule has 6 nitrogen and oxygen atoms in total. The first-order valence-corrected chi connectivity index (χ1v) is 6.85. The third-order valence-electron chi connectivity index (χ3n) is 3.57. The molecule has 1 aliphatic rings. The van der Waals surface area contributed by atoms with Gasteiger partial charge in [0.05, 0.1) is 18.9 Å². The summed E-state index contributed by atoms with van der Waals surface area (Å²) in [5.41, 5.74) is 0. The number of methoxy groups -OCH3 is 1. The van der Waals surface area contributed by atoms with E-state index in [1.54, 1.807) is 0 Å². The van der Waals surface area contributed by atoms with Crippen molar-refractivity contribution in [2.75, 3.05) is 20.2 Å². The van der Waals surface area contributed by atoms with Gasteiger partial charge in [0.15, 0.2) is 0 Å². The molecule has 0 spiro atoms. The lowest BCUT2D eigenvalue weighted by Gasteiger charge is -2.49. The van der Waals surface area contributed by atoms with Crippen LogP contribution in [0.15, 0.2) is 0 Å². The summed E-state index contributed by atoms with van der Waals surface area (Å²) >= 11 is 0. The number of carboxylic acids is 1. The van der Waals surface area contributed by atoms with Crippen LogP contribution >= 0.6 is 0 Å². The molecule has 0 bridgehead atoms. The summed E-state index contributed by atoms with van der Waals surface area (Å²) in [6, 6.07) is -0.381. The van der Waals surface area contributed by atoms with Crippen LogP contribution in [0.2, 0.25) is 0 Å². The Kier molecular flexibility index (Phi) is 6.24. The lowest BCUT2D eigenvalue weighted by Crippen LogP contribution is -2.71. The molecule has 1 rings (SSSR count). The lowest BCUT2D eigenvalue weighted by atomic mass is 9.64. The molecule has 0 aromatic carbocycles. The second-order valence-electron chi connectivity index (χ2n) is 4.87. The Morgan fingerprint density at radius 2 is 1.53 bits per heavy atom. The molecule has 110 valence electrons. The van der Waals surface area contributed by atoms with Gasteiger partial charge < -0.3 is 20.5 Å². The van der Waals surface area contributed by atoms with Crippen LogP contribution in [0.5, 0.6) is 0 Å². The average molecular weight is 272 g/mol. The molecule has 0 heterocycles. The minimum absolute atomic E-state index is 0.167. The Bertz CT molecular complexity index is 322. The largest absolute Gasteiger partial charge is 0.481 e. The fourth-order valence-corrected chi connectivity index (χ4v) is 2.61. The van der Waals surface area contributed by atoms with Crippen molar-refractivity contribution in [3.05, 3.63) is 0 Å². The summed E-state index contributed by atoms with van der Waals surface area (Å²) in [4.78, 5) is 23.1. The van der Waals surface area contributed by atoms with Crippen LogP contribution in [0.25, 0.3) is 0 Å². The van der Waals surface area contributed by atoms with Gasteiger partial charge in [0.1, 0.15) is 0 Å². The Morgan fingerprint density at radius 1 is 1.05 bits per heavy atom. The van der Waals surface area contributed by atoms with Gasteiger partial charge >= 0.3 is 11.9 Å². The van der Waals surface area contributed by atoms with Crippen LogP contribution in [-0.4, -0.2) is 49.3 Å². The van der Waals surface area contributed by atoms with Crippen molar-refractivity contribution in [2.24, 2.45) is 11.8 Å². The molecule has 3 N–H and O–H groups in total. The highest BCUT2D eigenvalue weighted by molar-refractivity contribution is 5.85. The number of ether oxygens (including phenoxy) is 1. The quantitative estimate of drug-likeness (QED) is 0.548. The van der Waals surface area contributed by atoms with E-state index in [4.69, 9.17) is 4.74 Å². The summed E-state index contributed by atoms with van der Waals surface area (Å²) in [5, 5.41) is 15.8. The van der Waals surface area contributed by atoms with Crippen LogP contribution in [0.1, 0.15) is 26.7 Å². The molecule has 19 heavy (non-hydrogen) atoms. The highest BCUT2D eigenvalue weighted by Crippen LogP contribution is 2.36. The monoisotopic (exact) mass is 272 g/mol. The van der Waals surface area contributed by atoms with Gasteiger partial charge in [0.2, 0.25) is 0 Å². The summed E-state index contributed by atoms with van der Waals surface area (Å²) in [5.74, 6) is -2.72. The molecule has 0 radical (unpaired) electrons. The molecule has 1 fully saturated rings. The summed E-state index contributed by atoms with van der Waals surface area (Å²) in [7, 11) is 1.30. The zero-order chi connectivity index (χ0) is 14.4. The number of carbonyl (C=O) groups is 2. The van der Waals surface area contributed by atoms with Crippen molar-refractivity contribution in [1.82, 2.24) is 10.6 Å². The smallest absolute Gasteiger partial charge is 0.311 e. The van der Waals surface area contributed by atoms with Gasteiger partial charge in [-0.15, -0.1) is 0 Å². The first-order valence-electron chi connectivity index (χ1n) is 6.85. The minimum Gasteiger partial charge on any atom is -0.481 e. The van der Waals surface area contributed by atoms with Gasteiger partial charge in [-0.05, 0) is 25.9 Å². The molecule has 4 unspecified atom stereocenters. The molecule has 0 saturated heterocycles. The maximum Gasteiger partial charge on any atom is 0.311 e. The first kappa shape index (κ1) is 15.9. The Balaban J connectivity index is 2.79. The third-order valence-corrected chi connectivity index (χ3v) is 3.57. The number of hydrogen-bond donors (Lipinski definition) is 3. The lowest BCUT2D eigenvalue weighted by molar-refractivity contribution is -0.168. The zero-order valence-corrected chi connectivity index (χ0v) is 11.8. The van der Waals surface area contributed by atoms with Crippen molar-refractivity contribution in [2.45, 2.75) is 38.8 Å². The molecule has 0 aromatic heterocycles. The summed E-state index contributed by atoms with van der Waals surface area (Å²) in [6.45, 7) is 5.55. The van der Waals surface area contributed by atoms with E-state index in [1.807, 2.05) is 13.8 Å². The fourth-order valence-electron chi connectivity index (χ4n) is 2.61.